The van der Waals surface area contributed by atoms with Crippen LogP contribution in [0.4, 0.5) is 0 Å². The Morgan fingerprint density at radius 3 is 2.73 bits per heavy atom. The number of aliphatic hydroxyl groups excluding tert-OH is 1. The number of nitrogens with one attached hydrogen (secondary N) is 1. The molecule has 0 aliphatic carbocycles. The Morgan fingerprint density at radius 1 is 1.40 bits per heavy atom. The Balaban J connectivity index is 2.21. The van der Waals surface area contributed by atoms with Crippen LogP contribution in [0.2, 0.25) is 0 Å². The van der Waals surface area contributed by atoms with E-state index < -0.39 is 0 Å². The van der Waals surface area contributed by atoms with E-state index in [-0.39, 0.29) is 0 Å². The van der Waals surface area contributed by atoms with Crippen LogP contribution in [0.15, 0.2) is 0 Å². The monoisotopic (exact) mass is 214 g/mol. The first-order valence-corrected chi connectivity index (χ1v) is 6.21. The minimum absolute atomic E-state index is 0.324. The maximum atomic E-state index is 9.21. The maximum absolute atomic E-state index is 9.21. The molecule has 0 radical (unpaired) electrons. The number of hydrogen-bond acceptors (Lipinski definition) is 3. The summed E-state index contributed by atoms with van der Waals surface area (Å²) in [5, 5.41) is 12.7. The van der Waals surface area contributed by atoms with Crippen LogP contribution in [-0.4, -0.2) is 48.3 Å². The molecule has 2 unspecified atom stereocenters. The summed E-state index contributed by atoms with van der Waals surface area (Å²) >= 11 is 0. The minimum Gasteiger partial charge on any atom is -0.395 e. The van der Waals surface area contributed by atoms with Crippen molar-refractivity contribution in [3.8, 4) is 0 Å². The van der Waals surface area contributed by atoms with Gasteiger partial charge in [0.1, 0.15) is 0 Å². The molecule has 2 atom stereocenters. The molecule has 15 heavy (non-hydrogen) atoms. The second-order valence-corrected chi connectivity index (χ2v) is 5.14. The fraction of sp³-hybridized carbons (Fsp3) is 1.00. The smallest absolute Gasteiger partial charge is 0.0586 e. The number of rotatable bonds is 6. The van der Waals surface area contributed by atoms with Crippen LogP contribution in [0.1, 0.15) is 33.6 Å². The highest BCUT2D eigenvalue weighted by Gasteiger charge is 2.24. The average molecular weight is 214 g/mol. The lowest BCUT2D eigenvalue weighted by Gasteiger charge is -2.26. The zero-order chi connectivity index (χ0) is 11.3. The molecule has 0 aromatic heterocycles. The van der Waals surface area contributed by atoms with Crippen molar-refractivity contribution in [1.29, 1.82) is 0 Å². The highest BCUT2D eigenvalue weighted by Crippen LogP contribution is 2.17. The summed E-state index contributed by atoms with van der Waals surface area (Å²) in [5.41, 5.74) is 0. The fourth-order valence-corrected chi connectivity index (χ4v) is 2.24. The summed E-state index contributed by atoms with van der Waals surface area (Å²) in [7, 11) is 0. The molecule has 0 bridgehead atoms. The quantitative estimate of drug-likeness (QED) is 0.694. The standard InChI is InChI=1S/C12H26N2O/c1-10(2)13-7-11(3)8-14-6-4-5-12(14)9-15/h10-13,15H,4-9H2,1-3H3. The first-order valence-electron chi connectivity index (χ1n) is 6.21. The lowest BCUT2D eigenvalue weighted by molar-refractivity contribution is 0.144. The van der Waals surface area contributed by atoms with E-state index in [1.165, 1.54) is 12.8 Å². The van der Waals surface area contributed by atoms with Crippen LogP contribution in [-0.2, 0) is 0 Å². The third kappa shape index (κ3) is 4.49. The molecule has 2 N–H and O–H groups in total. The molecule has 0 saturated carbocycles. The predicted molar refractivity (Wildman–Crippen MR) is 64.0 cm³/mol. The van der Waals surface area contributed by atoms with Crippen LogP contribution in [0, 0.1) is 5.92 Å². The molecule has 1 heterocycles. The topological polar surface area (TPSA) is 35.5 Å². The summed E-state index contributed by atoms with van der Waals surface area (Å²) in [5.74, 6) is 0.666. The van der Waals surface area contributed by atoms with Crippen LogP contribution < -0.4 is 5.32 Å². The molecule has 0 spiro atoms. The van der Waals surface area contributed by atoms with Gasteiger partial charge in [-0.1, -0.05) is 20.8 Å². The molecular weight excluding hydrogens is 188 g/mol. The summed E-state index contributed by atoms with van der Waals surface area (Å²) in [6, 6.07) is 0.992. The molecule has 3 nitrogen and oxygen atoms in total. The first-order chi connectivity index (χ1) is 7.13. The molecule has 1 aliphatic heterocycles. The van der Waals surface area contributed by atoms with E-state index in [0.29, 0.717) is 24.6 Å². The van der Waals surface area contributed by atoms with E-state index in [1.807, 2.05) is 0 Å². The van der Waals surface area contributed by atoms with Crippen LogP contribution in [0.5, 0.6) is 0 Å². The van der Waals surface area contributed by atoms with Gasteiger partial charge in [-0.2, -0.15) is 0 Å². The van der Waals surface area contributed by atoms with Gasteiger partial charge in [-0.25, -0.2) is 0 Å². The first kappa shape index (κ1) is 12.9. The molecule has 3 heteroatoms. The number of nitrogens with zero attached hydrogens (tertiary/aromatic N) is 1. The highest BCUT2D eigenvalue weighted by atomic mass is 16.3. The minimum atomic E-state index is 0.324. The zero-order valence-electron chi connectivity index (χ0n) is 10.4. The molecule has 1 aliphatic rings. The molecule has 0 aromatic carbocycles. The molecule has 0 amide bonds. The summed E-state index contributed by atoms with van der Waals surface area (Å²) < 4.78 is 0. The van der Waals surface area contributed by atoms with Crippen molar-refractivity contribution in [3.05, 3.63) is 0 Å². The van der Waals surface area contributed by atoms with Crippen LogP contribution >= 0.6 is 0 Å². The van der Waals surface area contributed by atoms with Gasteiger partial charge in [-0.05, 0) is 31.8 Å². The van der Waals surface area contributed by atoms with E-state index >= 15 is 0 Å². The van der Waals surface area contributed by atoms with Crippen LogP contribution in [0.3, 0.4) is 0 Å². The van der Waals surface area contributed by atoms with Crippen molar-refractivity contribution in [2.75, 3.05) is 26.2 Å². The maximum Gasteiger partial charge on any atom is 0.0586 e. The summed E-state index contributed by atoms with van der Waals surface area (Å²) in [4.78, 5) is 2.44. The zero-order valence-corrected chi connectivity index (χ0v) is 10.4. The molecule has 90 valence electrons. The number of hydrogen-bond donors (Lipinski definition) is 2. The predicted octanol–water partition coefficient (Wildman–Crippen LogP) is 1.08. The highest BCUT2D eigenvalue weighted by molar-refractivity contribution is 4.80. The van der Waals surface area contributed by atoms with Gasteiger partial charge in [0.05, 0.1) is 6.61 Å². The van der Waals surface area contributed by atoms with Crippen molar-refractivity contribution in [1.82, 2.24) is 10.2 Å². The van der Waals surface area contributed by atoms with Crippen LogP contribution in [0.25, 0.3) is 0 Å². The van der Waals surface area contributed by atoms with Gasteiger partial charge in [-0.15, -0.1) is 0 Å². The van der Waals surface area contributed by atoms with Crippen molar-refractivity contribution in [2.24, 2.45) is 5.92 Å². The van der Waals surface area contributed by atoms with Gasteiger partial charge in [0.25, 0.3) is 0 Å². The van der Waals surface area contributed by atoms with E-state index in [9.17, 15) is 5.11 Å². The molecular formula is C12H26N2O. The van der Waals surface area contributed by atoms with E-state index in [0.717, 1.165) is 19.6 Å². The van der Waals surface area contributed by atoms with Crippen molar-refractivity contribution < 1.29 is 5.11 Å². The Bertz CT molecular complexity index is 173. The Kier molecular flexibility index (Phi) is 5.58. The molecule has 1 fully saturated rings. The lowest BCUT2D eigenvalue weighted by Crippen LogP contribution is -2.39. The van der Waals surface area contributed by atoms with Crippen molar-refractivity contribution >= 4 is 0 Å². The Morgan fingerprint density at radius 2 is 2.13 bits per heavy atom. The third-order valence-electron chi connectivity index (χ3n) is 3.13. The van der Waals surface area contributed by atoms with Crippen molar-refractivity contribution in [3.63, 3.8) is 0 Å². The normalized spacial score (nSPS) is 25.0. The van der Waals surface area contributed by atoms with E-state index in [4.69, 9.17) is 0 Å². The van der Waals surface area contributed by atoms with E-state index in [2.05, 4.69) is 31.0 Å². The molecule has 0 aromatic rings. The SMILES string of the molecule is CC(CNC(C)C)CN1CCCC1CO. The fourth-order valence-electron chi connectivity index (χ4n) is 2.24. The molecule has 1 rings (SSSR count). The second-order valence-electron chi connectivity index (χ2n) is 5.14. The van der Waals surface area contributed by atoms with Gasteiger partial charge in [-0.3, -0.25) is 4.90 Å². The molecule has 1 saturated heterocycles. The summed E-state index contributed by atoms with van der Waals surface area (Å²) in [6.45, 7) is 10.3. The van der Waals surface area contributed by atoms with Gasteiger partial charge < -0.3 is 10.4 Å². The van der Waals surface area contributed by atoms with Crippen molar-refractivity contribution in [2.45, 2.75) is 45.7 Å². The largest absolute Gasteiger partial charge is 0.395 e. The van der Waals surface area contributed by atoms with Gasteiger partial charge >= 0.3 is 0 Å². The second kappa shape index (κ2) is 6.46. The van der Waals surface area contributed by atoms with Gasteiger partial charge in [0.15, 0.2) is 0 Å². The number of aliphatic hydroxyl groups is 1. The third-order valence-corrected chi connectivity index (χ3v) is 3.13. The van der Waals surface area contributed by atoms with E-state index in [1.54, 1.807) is 0 Å². The lowest BCUT2D eigenvalue weighted by atomic mass is 10.1. The summed E-state index contributed by atoms with van der Waals surface area (Å²) in [6.07, 6.45) is 2.41. The Labute approximate surface area is 93.9 Å². The Hall–Kier alpha value is -0.120. The average Bonchev–Trinajstić information content (AvgIpc) is 2.62. The van der Waals surface area contributed by atoms with Gasteiger partial charge in [0.2, 0.25) is 0 Å². The van der Waals surface area contributed by atoms with Gasteiger partial charge in [0, 0.05) is 18.6 Å². The number of likely N-dealkylation sites (tertiary alicyclic amines) is 1.